The third-order valence-electron chi connectivity index (χ3n) is 3.15. The highest BCUT2D eigenvalue weighted by Gasteiger charge is 2.17. The highest BCUT2D eigenvalue weighted by molar-refractivity contribution is 7.12. The lowest BCUT2D eigenvalue weighted by atomic mass is 10.0. The molecular formula is C15H16N2O3S. The summed E-state index contributed by atoms with van der Waals surface area (Å²) >= 11 is 1.03. The average molecular weight is 304 g/mol. The molecule has 21 heavy (non-hydrogen) atoms. The molecule has 1 amide bonds. The van der Waals surface area contributed by atoms with Crippen LogP contribution in [0.15, 0.2) is 23.6 Å². The van der Waals surface area contributed by atoms with Gasteiger partial charge in [-0.3, -0.25) is 4.79 Å². The lowest BCUT2D eigenvalue weighted by Gasteiger charge is -2.13. The normalized spacial score (nSPS) is 10.4. The fourth-order valence-electron chi connectivity index (χ4n) is 2.05. The number of amides is 1. The lowest BCUT2D eigenvalue weighted by molar-refractivity contribution is 0.0691. The summed E-state index contributed by atoms with van der Waals surface area (Å²) in [6, 6.07) is 5.91. The Labute approximate surface area is 126 Å². The van der Waals surface area contributed by atoms with Gasteiger partial charge in [-0.2, -0.15) is 0 Å². The molecule has 2 aromatic rings. The number of aromatic carboxylic acids is 1. The van der Waals surface area contributed by atoms with Gasteiger partial charge in [0.1, 0.15) is 0 Å². The highest BCUT2D eigenvalue weighted by atomic mass is 32.1. The summed E-state index contributed by atoms with van der Waals surface area (Å²) in [6.45, 7) is 4.05. The number of aromatic nitrogens is 1. The van der Waals surface area contributed by atoms with Gasteiger partial charge in [0.25, 0.3) is 5.91 Å². The van der Waals surface area contributed by atoms with Gasteiger partial charge in [-0.25, -0.2) is 9.78 Å². The zero-order valence-corrected chi connectivity index (χ0v) is 12.7. The van der Waals surface area contributed by atoms with Crippen LogP contribution in [0, 0.1) is 0 Å². The van der Waals surface area contributed by atoms with Gasteiger partial charge in [0, 0.05) is 11.1 Å². The van der Waals surface area contributed by atoms with Crippen LogP contribution in [0.3, 0.4) is 0 Å². The number of rotatable bonds is 5. The number of para-hydroxylation sites is 1. The van der Waals surface area contributed by atoms with E-state index in [1.54, 1.807) is 0 Å². The van der Waals surface area contributed by atoms with E-state index in [0.717, 1.165) is 41.0 Å². The van der Waals surface area contributed by atoms with Crippen molar-refractivity contribution in [2.75, 3.05) is 5.32 Å². The van der Waals surface area contributed by atoms with Gasteiger partial charge >= 0.3 is 5.97 Å². The Morgan fingerprint density at radius 3 is 2.33 bits per heavy atom. The topological polar surface area (TPSA) is 79.3 Å². The number of benzene rings is 1. The maximum absolute atomic E-state index is 12.2. The molecule has 0 spiro atoms. The molecule has 0 saturated heterocycles. The molecule has 0 aliphatic heterocycles. The minimum absolute atomic E-state index is 0.107. The van der Waals surface area contributed by atoms with Crippen molar-refractivity contribution in [3.05, 3.63) is 45.4 Å². The van der Waals surface area contributed by atoms with E-state index in [2.05, 4.69) is 10.3 Å². The molecular weight excluding hydrogens is 288 g/mol. The third kappa shape index (κ3) is 3.28. The first-order chi connectivity index (χ1) is 10.1. The summed E-state index contributed by atoms with van der Waals surface area (Å²) in [5.41, 5.74) is 2.81. The summed E-state index contributed by atoms with van der Waals surface area (Å²) in [5.74, 6) is -1.50. The SMILES string of the molecule is CCc1cccc(CC)c1NC(=O)c1nc(C(=O)O)cs1. The van der Waals surface area contributed by atoms with E-state index in [4.69, 9.17) is 5.11 Å². The zero-order valence-electron chi connectivity index (χ0n) is 11.8. The molecule has 1 aromatic heterocycles. The molecule has 0 bridgehead atoms. The van der Waals surface area contributed by atoms with Crippen molar-refractivity contribution in [1.29, 1.82) is 0 Å². The van der Waals surface area contributed by atoms with Crippen molar-refractivity contribution < 1.29 is 14.7 Å². The van der Waals surface area contributed by atoms with Crippen LogP contribution in [-0.2, 0) is 12.8 Å². The fourth-order valence-corrected chi connectivity index (χ4v) is 2.73. The first kappa shape index (κ1) is 15.2. The minimum Gasteiger partial charge on any atom is -0.476 e. The van der Waals surface area contributed by atoms with E-state index < -0.39 is 5.97 Å². The number of nitrogens with one attached hydrogen (secondary N) is 1. The Bertz CT molecular complexity index is 657. The number of hydrogen-bond acceptors (Lipinski definition) is 4. The maximum Gasteiger partial charge on any atom is 0.355 e. The number of nitrogens with zero attached hydrogens (tertiary/aromatic N) is 1. The van der Waals surface area contributed by atoms with Crippen molar-refractivity contribution in [3.63, 3.8) is 0 Å². The quantitative estimate of drug-likeness (QED) is 0.889. The summed E-state index contributed by atoms with van der Waals surface area (Å²) in [6.07, 6.45) is 1.61. The van der Waals surface area contributed by atoms with Crippen LogP contribution >= 0.6 is 11.3 Å². The van der Waals surface area contributed by atoms with Crippen LogP contribution in [0.4, 0.5) is 5.69 Å². The molecule has 2 rings (SSSR count). The average Bonchev–Trinajstić information content (AvgIpc) is 2.97. The summed E-state index contributed by atoms with van der Waals surface area (Å²) < 4.78 is 0. The Hall–Kier alpha value is -2.21. The Balaban J connectivity index is 2.28. The van der Waals surface area contributed by atoms with E-state index in [9.17, 15) is 9.59 Å². The summed E-state index contributed by atoms with van der Waals surface area (Å²) in [7, 11) is 0. The second kappa shape index (κ2) is 6.49. The van der Waals surface area contributed by atoms with Gasteiger partial charge in [-0.15, -0.1) is 11.3 Å². The van der Waals surface area contributed by atoms with Crippen LogP contribution in [0.5, 0.6) is 0 Å². The van der Waals surface area contributed by atoms with Crippen molar-refractivity contribution in [2.45, 2.75) is 26.7 Å². The number of carboxylic acid groups (broad SMARTS) is 1. The smallest absolute Gasteiger partial charge is 0.355 e. The lowest BCUT2D eigenvalue weighted by Crippen LogP contribution is -2.15. The first-order valence-corrected chi connectivity index (χ1v) is 7.55. The van der Waals surface area contributed by atoms with Crippen molar-refractivity contribution in [1.82, 2.24) is 4.98 Å². The fraction of sp³-hybridized carbons (Fsp3) is 0.267. The number of thiazole rings is 1. The molecule has 110 valence electrons. The summed E-state index contributed by atoms with van der Waals surface area (Å²) in [4.78, 5) is 26.9. The number of aryl methyl sites for hydroxylation is 2. The molecule has 1 heterocycles. The Morgan fingerprint density at radius 2 is 1.86 bits per heavy atom. The van der Waals surface area contributed by atoms with Crippen LogP contribution < -0.4 is 5.32 Å². The second-order valence-electron chi connectivity index (χ2n) is 4.46. The molecule has 5 nitrogen and oxygen atoms in total. The monoisotopic (exact) mass is 304 g/mol. The first-order valence-electron chi connectivity index (χ1n) is 6.67. The summed E-state index contributed by atoms with van der Waals surface area (Å²) in [5, 5.41) is 13.2. The Kier molecular flexibility index (Phi) is 4.70. The zero-order chi connectivity index (χ0) is 15.4. The number of carboxylic acids is 1. The molecule has 0 aliphatic rings. The highest BCUT2D eigenvalue weighted by Crippen LogP contribution is 2.23. The standard InChI is InChI=1S/C15H16N2O3S/c1-3-9-6-5-7-10(4-2)12(9)17-13(18)14-16-11(8-21-14)15(19)20/h5-8H,3-4H2,1-2H3,(H,17,18)(H,19,20). The largest absolute Gasteiger partial charge is 0.476 e. The van der Waals surface area contributed by atoms with Crippen LogP contribution in [0.1, 0.15) is 45.3 Å². The molecule has 2 N–H and O–H groups in total. The predicted octanol–water partition coefficient (Wildman–Crippen LogP) is 3.22. The number of carbonyl (C=O) groups is 2. The van der Waals surface area contributed by atoms with Crippen molar-refractivity contribution in [2.24, 2.45) is 0 Å². The predicted molar refractivity (Wildman–Crippen MR) is 82.2 cm³/mol. The van der Waals surface area contributed by atoms with E-state index in [-0.39, 0.29) is 16.6 Å². The molecule has 6 heteroatoms. The van der Waals surface area contributed by atoms with E-state index in [0.29, 0.717) is 0 Å². The van der Waals surface area contributed by atoms with Crippen molar-refractivity contribution in [3.8, 4) is 0 Å². The van der Waals surface area contributed by atoms with Crippen molar-refractivity contribution >= 4 is 28.9 Å². The van der Waals surface area contributed by atoms with E-state index >= 15 is 0 Å². The molecule has 0 aliphatic carbocycles. The maximum atomic E-state index is 12.2. The number of hydrogen-bond donors (Lipinski definition) is 2. The molecule has 1 aromatic carbocycles. The van der Waals surface area contributed by atoms with Gasteiger partial charge < -0.3 is 10.4 Å². The molecule has 0 fully saturated rings. The third-order valence-corrected chi connectivity index (χ3v) is 4.00. The minimum atomic E-state index is -1.13. The van der Waals surface area contributed by atoms with Gasteiger partial charge in [-0.05, 0) is 24.0 Å². The number of carbonyl (C=O) groups excluding carboxylic acids is 1. The Morgan fingerprint density at radius 1 is 1.24 bits per heavy atom. The molecule has 0 unspecified atom stereocenters. The number of anilines is 1. The van der Waals surface area contributed by atoms with Gasteiger partial charge in [0.05, 0.1) is 0 Å². The van der Waals surface area contributed by atoms with Gasteiger partial charge in [0.15, 0.2) is 10.7 Å². The van der Waals surface area contributed by atoms with E-state index in [1.165, 1.54) is 5.38 Å². The van der Waals surface area contributed by atoms with Gasteiger partial charge in [-0.1, -0.05) is 32.0 Å². The van der Waals surface area contributed by atoms with Gasteiger partial charge in [0.2, 0.25) is 0 Å². The second-order valence-corrected chi connectivity index (χ2v) is 5.31. The molecule has 0 radical (unpaired) electrons. The van der Waals surface area contributed by atoms with Crippen LogP contribution in [-0.4, -0.2) is 22.0 Å². The molecule has 0 atom stereocenters. The molecule has 0 saturated carbocycles. The van der Waals surface area contributed by atoms with Crippen LogP contribution in [0.2, 0.25) is 0 Å². The van der Waals surface area contributed by atoms with Crippen LogP contribution in [0.25, 0.3) is 0 Å². The van der Waals surface area contributed by atoms with E-state index in [1.807, 2.05) is 32.0 Å².